The minimum absolute atomic E-state index is 0.351. The molecule has 4 nitrogen and oxygen atoms in total. The highest BCUT2D eigenvalue weighted by molar-refractivity contribution is 6.28. The maximum Gasteiger partial charge on any atom is 0.227 e. The van der Waals surface area contributed by atoms with Crippen molar-refractivity contribution in [3.05, 3.63) is 11.1 Å². The van der Waals surface area contributed by atoms with E-state index in [0.717, 1.165) is 5.82 Å². The monoisotopic (exact) mass is 406 g/mol. The van der Waals surface area contributed by atoms with Crippen molar-refractivity contribution in [2.75, 3.05) is 5.32 Å². The zero-order valence-corrected chi connectivity index (χ0v) is 18.4. The van der Waals surface area contributed by atoms with E-state index in [1.165, 1.54) is 116 Å². The van der Waals surface area contributed by atoms with E-state index in [2.05, 4.69) is 15.3 Å². The molecule has 2 fully saturated rings. The van der Waals surface area contributed by atoms with Gasteiger partial charge in [0.2, 0.25) is 11.2 Å². The summed E-state index contributed by atoms with van der Waals surface area (Å²) in [5.74, 6) is 2.06. The van der Waals surface area contributed by atoms with Gasteiger partial charge in [0.1, 0.15) is 5.82 Å². The predicted molar refractivity (Wildman–Crippen MR) is 118 cm³/mol. The van der Waals surface area contributed by atoms with E-state index in [4.69, 9.17) is 16.6 Å². The maximum atomic E-state index is 6.32. The molecule has 0 aliphatic heterocycles. The smallest absolute Gasteiger partial charge is 0.227 e. The molecule has 0 spiro atoms. The predicted octanol–water partition coefficient (Wildman–Crippen LogP) is 7.44. The molecule has 2 aliphatic rings. The molecular weight excluding hydrogens is 368 g/mol. The average Bonchev–Trinajstić information content (AvgIpc) is 2.70. The summed E-state index contributed by atoms with van der Waals surface area (Å²) in [7, 11) is 0. The Morgan fingerprint density at radius 3 is 1.57 bits per heavy atom. The first-order chi connectivity index (χ1) is 13.8. The van der Waals surface area contributed by atoms with Crippen molar-refractivity contribution in [3.8, 4) is 0 Å². The molecule has 0 radical (unpaired) electrons. The zero-order valence-electron chi connectivity index (χ0n) is 17.6. The Hall–Kier alpha value is -0.900. The Bertz CT molecular complexity index is 546. The first-order valence-corrected chi connectivity index (χ1v) is 12.4. The highest BCUT2D eigenvalue weighted by Gasteiger charge is 2.19. The third-order valence-electron chi connectivity index (χ3n) is 6.53. The number of anilines is 1. The van der Waals surface area contributed by atoms with Crippen LogP contribution in [0.1, 0.15) is 127 Å². The van der Waals surface area contributed by atoms with Gasteiger partial charge in [-0.1, -0.05) is 89.9 Å². The molecule has 5 heteroatoms. The van der Waals surface area contributed by atoms with E-state index >= 15 is 0 Å². The van der Waals surface area contributed by atoms with Gasteiger partial charge in [-0.3, -0.25) is 0 Å². The number of rotatable bonds is 3. The standard InChI is InChI=1S/C23H39ClN4/c24-22-26-21(19-15-11-7-3-1-4-8-12-16-19)27-23(28-22)25-20-17-13-9-5-2-6-10-14-18-20/h19-20H,1-18H2,(H,25,26,27,28). The van der Waals surface area contributed by atoms with E-state index in [0.29, 0.717) is 23.2 Å². The molecule has 2 aliphatic carbocycles. The lowest BCUT2D eigenvalue weighted by molar-refractivity contribution is 0.448. The van der Waals surface area contributed by atoms with E-state index < -0.39 is 0 Å². The van der Waals surface area contributed by atoms with Gasteiger partial charge in [0.25, 0.3) is 0 Å². The lowest BCUT2D eigenvalue weighted by atomic mass is 9.91. The van der Waals surface area contributed by atoms with E-state index in [9.17, 15) is 0 Å². The van der Waals surface area contributed by atoms with Gasteiger partial charge in [-0.05, 0) is 37.3 Å². The van der Waals surface area contributed by atoms with Gasteiger partial charge in [-0.15, -0.1) is 0 Å². The number of nitrogens with zero attached hydrogens (tertiary/aromatic N) is 3. The molecule has 1 aromatic heterocycles. The van der Waals surface area contributed by atoms with Gasteiger partial charge >= 0.3 is 0 Å². The van der Waals surface area contributed by atoms with Crippen LogP contribution < -0.4 is 5.32 Å². The van der Waals surface area contributed by atoms with Crippen molar-refractivity contribution >= 4 is 17.5 Å². The SMILES string of the molecule is Clc1nc(NC2CCCCCCCCC2)nc(C2CCCCCCCCC2)n1. The minimum Gasteiger partial charge on any atom is -0.351 e. The molecule has 0 bridgehead atoms. The van der Waals surface area contributed by atoms with Crippen LogP contribution in [0.15, 0.2) is 0 Å². The Morgan fingerprint density at radius 2 is 1.04 bits per heavy atom. The molecule has 0 unspecified atom stereocenters. The number of aromatic nitrogens is 3. The third-order valence-corrected chi connectivity index (χ3v) is 6.70. The van der Waals surface area contributed by atoms with Crippen LogP contribution in [-0.2, 0) is 0 Å². The normalized spacial score (nSPS) is 22.5. The van der Waals surface area contributed by atoms with E-state index in [1.54, 1.807) is 0 Å². The second-order valence-corrected chi connectivity index (χ2v) is 9.27. The fraction of sp³-hybridized carbons (Fsp3) is 0.870. The van der Waals surface area contributed by atoms with Gasteiger partial charge in [0.15, 0.2) is 0 Å². The minimum atomic E-state index is 0.351. The Kier molecular flexibility index (Phi) is 9.82. The number of nitrogens with one attached hydrogen (secondary N) is 1. The lowest BCUT2D eigenvalue weighted by Gasteiger charge is -2.21. The molecule has 2 saturated carbocycles. The number of hydrogen-bond acceptors (Lipinski definition) is 4. The summed E-state index contributed by atoms with van der Waals surface area (Å²) in [4.78, 5) is 13.8. The van der Waals surface area contributed by atoms with Crippen LogP contribution in [0.5, 0.6) is 0 Å². The molecule has 1 aromatic rings. The van der Waals surface area contributed by atoms with Gasteiger partial charge in [0.05, 0.1) is 0 Å². The van der Waals surface area contributed by atoms with Crippen molar-refractivity contribution in [1.29, 1.82) is 0 Å². The van der Waals surface area contributed by atoms with Crippen LogP contribution in [0.25, 0.3) is 0 Å². The van der Waals surface area contributed by atoms with Crippen molar-refractivity contribution in [3.63, 3.8) is 0 Å². The van der Waals surface area contributed by atoms with Crippen LogP contribution in [0.2, 0.25) is 5.28 Å². The maximum absolute atomic E-state index is 6.32. The fourth-order valence-corrected chi connectivity index (χ4v) is 4.98. The molecule has 158 valence electrons. The number of hydrogen-bond donors (Lipinski definition) is 1. The van der Waals surface area contributed by atoms with Crippen molar-refractivity contribution in [2.24, 2.45) is 0 Å². The molecule has 0 amide bonds. The van der Waals surface area contributed by atoms with Gasteiger partial charge in [0, 0.05) is 12.0 Å². The molecule has 28 heavy (non-hydrogen) atoms. The largest absolute Gasteiger partial charge is 0.351 e. The van der Waals surface area contributed by atoms with Crippen molar-refractivity contribution in [2.45, 2.75) is 128 Å². The van der Waals surface area contributed by atoms with E-state index in [-0.39, 0.29) is 0 Å². The molecule has 0 saturated heterocycles. The Morgan fingerprint density at radius 1 is 0.571 bits per heavy atom. The van der Waals surface area contributed by atoms with Crippen molar-refractivity contribution < 1.29 is 0 Å². The van der Waals surface area contributed by atoms with Crippen LogP contribution in [0, 0.1) is 0 Å². The van der Waals surface area contributed by atoms with Crippen molar-refractivity contribution in [1.82, 2.24) is 15.0 Å². The van der Waals surface area contributed by atoms with E-state index in [1.807, 2.05) is 0 Å². The van der Waals surface area contributed by atoms with Crippen LogP contribution in [0.3, 0.4) is 0 Å². The Labute approximate surface area is 176 Å². The molecule has 1 heterocycles. The molecule has 0 atom stereocenters. The summed E-state index contributed by atoms with van der Waals surface area (Å²) in [6, 6.07) is 0.466. The van der Waals surface area contributed by atoms with Crippen LogP contribution >= 0.6 is 11.6 Å². The molecule has 0 aromatic carbocycles. The third kappa shape index (κ3) is 7.85. The fourth-order valence-electron chi connectivity index (χ4n) is 4.82. The highest BCUT2D eigenvalue weighted by Crippen LogP contribution is 2.29. The first-order valence-electron chi connectivity index (χ1n) is 12.0. The lowest BCUT2D eigenvalue weighted by Crippen LogP contribution is -2.22. The van der Waals surface area contributed by atoms with Crippen LogP contribution in [-0.4, -0.2) is 21.0 Å². The Balaban J connectivity index is 1.64. The summed E-state index contributed by atoms with van der Waals surface area (Å²) >= 11 is 6.32. The summed E-state index contributed by atoms with van der Waals surface area (Å²) < 4.78 is 0. The number of halogens is 1. The summed E-state index contributed by atoms with van der Waals surface area (Å²) in [5, 5.41) is 3.97. The quantitative estimate of drug-likeness (QED) is 0.566. The first kappa shape index (κ1) is 21.8. The second kappa shape index (κ2) is 12.6. The van der Waals surface area contributed by atoms with Gasteiger partial charge in [-0.2, -0.15) is 9.97 Å². The zero-order chi connectivity index (χ0) is 19.4. The average molecular weight is 407 g/mol. The summed E-state index contributed by atoms with van der Waals surface area (Å²) in [5.41, 5.74) is 0. The second-order valence-electron chi connectivity index (χ2n) is 8.93. The summed E-state index contributed by atoms with van der Waals surface area (Å²) in [6.07, 6.45) is 23.6. The molecule has 3 rings (SSSR count). The summed E-state index contributed by atoms with van der Waals surface area (Å²) in [6.45, 7) is 0. The topological polar surface area (TPSA) is 50.7 Å². The van der Waals surface area contributed by atoms with Crippen LogP contribution in [0.4, 0.5) is 5.95 Å². The van der Waals surface area contributed by atoms with Gasteiger partial charge < -0.3 is 5.32 Å². The molecular formula is C23H39ClN4. The van der Waals surface area contributed by atoms with Gasteiger partial charge in [-0.25, -0.2) is 4.98 Å². The highest BCUT2D eigenvalue weighted by atomic mass is 35.5. The molecule has 1 N–H and O–H groups in total.